The molecule has 0 spiro atoms. The predicted molar refractivity (Wildman–Crippen MR) is 68.9 cm³/mol. The highest BCUT2D eigenvalue weighted by molar-refractivity contribution is 5.76. The third-order valence-corrected chi connectivity index (χ3v) is 3.27. The van der Waals surface area contributed by atoms with Crippen molar-refractivity contribution in [3.05, 3.63) is 0 Å². The molecule has 0 heterocycles. The molecular weight excluding hydrogens is 216 g/mol. The summed E-state index contributed by atoms with van der Waals surface area (Å²) in [6, 6.07) is 0. The first-order valence-corrected chi connectivity index (χ1v) is 6.68. The number of amides is 1. The predicted octanol–water partition coefficient (Wildman–Crippen LogP) is 1.16. The topological polar surface area (TPSA) is 50.4 Å². The Balaban J connectivity index is 2.03. The van der Waals surface area contributed by atoms with Crippen molar-refractivity contribution in [3.8, 4) is 0 Å². The van der Waals surface area contributed by atoms with E-state index in [2.05, 4.69) is 17.6 Å². The van der Waals surface area contributed by atoms with Crippen LogP contribution in [0.5, 0.6) is 0 Å². The number of carbonyl (C=O) groups excluding carboxylic acids is 1. The lowest BCUT2D eigenvalue weighted by atomic mass is 9.80. The van der Waals surface area contributed by atoms with Crippen molar-refractivity contribution in [1.29, 1.82) is 0 Å². The summed E-state index contributed by atoms with van der Waals surface area (Å²) in [6.07, 6.45) is 3.16. The van der Waals surface area contributed by atoms with Crippen molar-refractivity contribution in [2.75, 3.05) is 26.7 Å². The third-order valence-electron chi connectivity index (χ3n) is 3.27. The van der Waals surface area contributed by atoms with E-state index in [1.807, 2.05) is 14.0 Å². The lowest BCUT2D eigenvalue weighted by Gasteiger charge is -2.34. The maximum atomic E-state index is 11.6. The second kappa shape index (κ2) is 7.67. The number of ether oxygens (including phenoxy) is 1. The second-order valence-corrected chi connectivity index (χ2v) is 5.09. The molecule has 100 valence electrons. The van der Waals surface area contributed by atoms with Gasteiger partial charge in [-0.25, -0.2) is 0 Å². The quantitative estimate of drug-likeness (QED) is 0.671. The number of carbonyl (C=O) groups is 1. The summed E-state index contributed by atoms with van der Waals surface area (Å²) in [5.41, 5.74) is 0. The van der Waals surface area contributed by atoms with Crippen LogP contribution in [0, 0.1) is 11.8 Å². The van der Waals surface area contributed by atoms with Gasteiger partial charge in [-0.1, -0.05) is 6.92 Å². The summed E-state index contributed by atoms with van der Waals surface area (Å²) in [5, 5.41) is 6.10. The van der Waals surface area contributed by atoms with Crippen LogP contribution in [0.1, 0.15) is 33.1 Å². The van der Waals surface area contributed by atoms with Gasteiger partial charge in [0, 0.05) is 19.6 Å². The fraction of sp³-hybridized carbons (Fsp3) is 0.923. The summed E-state index contributed by atoms with van der Waals surface area (Å²) in [4.78, 5) is 11.6. The molecule has 1 atom stereocenters. The molecule has 0 saturated heterocycles. The fourth-order valence-corrected chi connectivity index (χ4v) is 2.26. The largest absolute Gasteiger partial charge is 0.378 e. The van der Waals surface area contributed by atoms with Crippen molar-refractivity contribution in [3.63, 3.8) is 0 Å². The van der Waals surface area contributed by atoms with Crippen LogP contribution < -0.4 is 10.6 Å². The van der Waals surface area contributed by atoms with E-state index in [0.29, 0.717) is 24.4 Å². The normalized spacial score (nSPS) is 25.1. The molecule has 1 saturated carbocycles. The van der Waals surface area contributed by atoms with E-state index < -0.39 is 0 Å². The van der Waals surface area contributed by atoms with Gasteiger partial charge in [0.1, 0.15) is 0 Å². The molecule has 1 unspecified atom stereocenters. The van der Waals surface area contributed by atoms with E-state index in [1.165, 1.54) is 0 Å². The van der Waals surface area contributed by atoms with Gasteiger partial charge in [0.25, 0.3) is 0 Å². The first kappa shape index (κ1) is 14.5. The molecule has 0 aliphatic heterocycles. The van der Waals surface area contributed by atoms with Crippen molar-refractivity contribution in [2.45, 2.75) is 39.2 Å². The Bertz CT molecular complexity index is 227. The number of hydrogen-bond donors (Lipinski definition) is 2. The average Bonchev–Trinajstić information content (AvgIpc) is 2.24. The zero-order chi connectivity index (χ0) is 12.7. The Hall–Kier alpha value is -0.610. The number of rotatable bonds is 8. The van der Waals surface area contributed by atoms with Crippen LogP contribution in [-0.2, 0) is 9.53 Å². The third kappa shape index (κ3) is 5.50. The molecule has 1 aliphatic rings. The minimum atomic E-state index is 0.188. The van der Waals surface area contributed by atoms with Gasteiger partial charge in [-0.3, -0.25) is 4.79 Å². The average molecular weight is 242 g/mol. The molecule has 1 aliphatic carbocycles. The standard InChI is InChI=1S/C13H26N2O2/c1-4-17-12-5-11(6-12)7-13(16)15-9-10(2)8-14-3/h10-12,14H,4-9H2,1-3H3,(H,15,16). The lowest BCUT2D eigenvalue weighted by Crippen LogP contribution is -2.37. The van der Waals surface area contributed by atoms with Gasteiger partial charge in [0.05, 0.1) is 6.10 Å². The Morgan fingerprint density at radius 3 is 2.71 bits per heavy atom. The van der Waals surface area contributed by atoms with Crippen LogP contribution in [0.4, 0.5) is 0 Å². The molecule has 0 bridgehead atoms. The molecule has 1 amide bonds. The molecule has 4 heteroatoms. The van der Waals surface area contributed by atoms with Crippen molar-refractivity contribution in [1.82, 2.24) is 10.6 Å². The highest BCUT2D eigenvalue weighted by atomic mass is 16.5. The van der Waals surface area contributed by atoms with Gasteiger partial charge in [0.2, 0.25) is 5.91 Å². The van der Waals surface area contributed by atoms with E-state index in [-0.39, 0.29) is 5.91 Å². The van der Waals surface area contributed by atoms with E-state index in [9.17, 15) is 4.79 Å². The molecule has 2 N–H and O–H groups in total. The first-order chi connectivity index (χ1) is 8.15. The van der Waals surface area contributed by atoms with E-state index >= 15 is 0 Å². The van der Waals surface area contributed by atoms with Gasteiger partial charge in [-0.2, -0.15) is 0 Å². The first-order valence-electron chi connectivity index (χ1n) is 6.68. The van der Waals surface area contributed by atoms with Gasteiger partial charge >= 0.3 is 0 Å². The zero-order valence-electron chi connectivity index (χ0n) is 11.3. The lowest BCUT2D eigenvalue weighted by molar-refractivity contribution is -0.124. The van der Waals surface area contributed by atoms with Crippen LogP contribution in [-0.4, -0.2) is 38.8 Å². The van der Waals surface area contributed by atoms with Crippen LogP contribution in [0.25, 0.3) is 0 Å². The summed E-state index contributed by atoms with van der Waals surface area (Å²) < 4.78 is 5.48. The van der Waals surface area contributed by atoms with Gasteiger partial charge in [-0.05, 0) is 45.2 Å². The zero-order valence-corrected chi connectivity index (χ0v) is 11.3. The molecule has 4 nitrogen and oxygen atoms in total. The minimum Gasteiger partial charge on any atom is -0.378 e. The summed E-state index contributed by atoms with van der Waals surface area (Å²) >= 11 is 0. The molecule has 0 aromatic carbocycles. The smallest absolute Gasteiger partial charge is 0.220 e. The highest BCUT2D eigenvalue weighted by Crippen LogP contribution is 2.32. The maximum absolute atomic E-state index is 11.6. The number of hydrogen-bond acceptors (Lipinski definition) is 3. The Kier molecular flexibility index (Phi) is 6.52. The molecular formula is C13H26N2O2. The summed E-state index contributed by atoms with van der Waals surface area (Å²) in [6.45, 7) is 6.64. The van der Waals surface area contributed by atoms with Gasteiger partial charge < -0.3 is 15.4 Å². The molecule has 0 radical (unpaired) electrons. The van der Waals surface area contributed by atoms with Crippen LogP contribution in [0.15, 0.2) is 0 Å². The van der Waals surface area contributed by atoms with Crippen molar-refractivity contribution >= 4 is 5.91 Å². The Morgan fingerprint density at radius 2 is 2.12 bits per heavy atom. The highest BCUT2D eigenvalue weighted by Gasteiger charge is 2.30. The minimum absolute atomic E-state index is 0.188. The van der Waals surface area contributed by atoms with E-state index in [1.54, 1.807) is 0 Å². The van der Waals surface area contributed by atoms with Crippen LogP contribution in [0.2, 0.25) is 0 Å². The van der Waals surface area contributed by atoms with Crippen molar-refractivity contribution < 1.29 is 9.53 Å². The Morgan fingerprint density at radius 1 is 1.41 bits per heavy atom. The number of nitrogens with one attached hydrogen (secondary N) is 2. The van der Waals surface area contributed by atoms with E-state index in [0.717, 1.165) is 32.5 Å². The molecule has 1 rings (SSSR count). The summed E-state index contributed by atoms with van der Waals surface area (Å²) in [7, 11) is 1.93. The SMILES string of the molecule is CCOC1CC(CC(=O)NCC(C)CNC)C1. The monoisotopic (exact) mass is 242 g/mol. The molecule has 0 aromatic heterocycles. The molecule has 17 heavy (non-hydrogen) atoms. The van der Waals surface area contributed by atoms with Crippen LogP contribution >= 0.6 is 0 Å². The van der Waals surface area contributed by atoms with Crippen molar-refractivity contribution in [2.24, 2.45) is 11.8 Å². The van der Waals surface area contributed by atoms with E-state index in [4.69, 9.17) is 4.74 Å². The summed E-state index contributed by atoms with van der Waals surface area (Å²) in [5.74, 6) is 1.21. The van der Waals surface area contributed by atoms with Crippen LogP contribution in [0.3, 0.4) is 0 Å². The Labute approximate surface area is 104 Å². The van der Waals surface area contributed by atoms with Gasteiger partial charge in [0.15, 0.2) is 0 Å². The maximum Gasteiger partial charge on any atom is 0.220 e. The molecule has 0 aromatic rings. The fourth-order valence-electron chi connectivity index (χ4n) is 2.26. The molecule has 1 fully saturated rings. The van der Waals surface area contributed by atoms with Gasteiger partial charge in [-0.15, -0.1) is 0 Å². The second-order valence-electron chi connectivity index (χ2n) is 5.09.